The molecule has 0 N–H and O–H groups in total. The van der Waals surface area contributed by atoms with Gasteiger partial charge in [-0.3, -0.25) is 4.79 Å². The Kier molecular flexibility index (Phi) is 6.28. The fraction of sp³-hybridized carbons (Fsp3) is 0.474. The van der Waals surface area contributed by atoms with Crippen LogP contribution >= 0.6 is 0 Å². The van der Waals surface area contributed by atoms with Gasteiger partial charge in [-0.1, -0.05) is 33.3 Å². The molecule has 2 atom stereocenters. The summed E-state index contributed by atoms with van der Waals surface area (Å²) in [6.45, 7) is 5.61. The number of allylic oxidation sites excluding steroid dienone is 1. The molecule has 0 aliphatic heterocycles. The van der Waals surface area contributed by atoms with Crippen LogP contribution in [0.3, 0.4) is 0 Å². The van der Waals surface area contributed by atoms with Gasteiger partial charge in [0.2, 0.25) is 17.4 Å². The first-order valence-electron chi connectivity index (χ1n) is 8.50. The van der Waals surface area contributed by atoms with Crippen LogP contribution in [0.1, 0.15) is 33.6 Å². The summed E-state index contributed by atoms with van der Waals surface area (Å²) in [7, 11) is 0. The van der Waals surface area contributed by atoms with E-state index in [1.54, 1.807) is 13.8 Å². The summed E-state index contributed by atoms with van der Waals surface area (Å²) in [4.78, 5) is 23.8. The van der Waals surface area contributed by atoms with Crippen LogP contribution in [0.15, 0.2) is 18.2 Å². The summed E-state index contributed by atoms with van der Waals surface area (Å²) in [5.41, 5.74) is -0.657. The van der Waals surface area contributed by atoms with Crippen LogP contribution in [-0.4, -0.2) is 18.5 Å². The first kappa shape index (κ1) is 20.9. The fourth-order valence-corrected chi connectivity index (χ4v) is 2.84. The smallest absolute Gasteiger partial charge is 0.330 e. The predicted molar refractivity (Wildman–Crippen MR) is 87.7 cm³/mol. The molecule has 4 nitrogen and oxygen atoms in total. The molecule has 148 valence electrons. The van der Waals surface area contributed by atoms with Gasteiger partial charge in [0, 0.05) is 12.1 Å². The van der Waals surface area contributed by atoms with Crippen molar-refractivity contribution in [2.75, 3.05) is 6.61 Å². The predicted octanol–water partition coefficient (Wildman–Crippen LogP) is 4.32. The Labute approximate surface area is 154 Å². The average molecular weight is 388 g/mol. The van der Waals surface area contributed by atoms with E-state index in [9.17, 15) is 27.2 Å². The molecule has 1 aliphatic carbocycles. The second-order valence-corrected chi connectivity index (χ2v) is 6.92. The number of carbonyl (C=O) groups is 2. The first-order valence-corrected chi connectivity index (χ1v) is 8.50. The van der Waals surface area contributed by atoms with E-state index in [-0.39, 0.29) is 12.7 Å². The monoisotopic (exact) mass is 388 g/mol. The van der Waals surface area contributed by atoms with Gasteiger partial charge >= 0.3 is 11.9 Å². The van der Waals surface area contributed by atoms with Crippen LogP contribution in [0, 0.1) is 40.5 Å². The van der Waals surface area contributed by atoms with Crippen molar-refractivity contribution in [3.05, 3.63) is 41.5 Å². The van der Waals surface area contributed by atoms with Crippen molar-refractivity contribution >= 4 is 11.9 Å². The maximum absolute atomic E-state index is 13.6. The minimum atomic E-state index is -1.78. The highest BCUT2D eigenvalue weighted by Gasteiger charge is 2.61. The van der Waals surface area contributed by atoms with Gasteiger partial charge in [-0.2, -0.15) is 8.78 Å². The van der Waals surface area contributed by atoms with Gasteiger partial charge in [0.15, 0.2) is 11.6 Å². The van der Waals surface area contributed by atoms with Gasteiger partial charge in [0.1, 0.15) is 0 Å². The zero-order chi connectivity index (χ0) is 20.4. The lowest BCUT2D eigenvalue weighted by molar-refractivity contribution is -0.138. The largest absolute Gasteiger partial charge is 0.463 e. The lowest BCUT2D eigenvalue weighted by atomic mass is 10.1. The zero-order valence-electron chi connectivity index (χ0n) is 15.2. The molecule has 0 radical (unpaired) electrons. The standard InChI is InChI=1S/C19H20F4O4/c1-4-5-8-26-13(24)7-6-10-14(19(10,2)3)18(25)27-17-15(22)11(20)9-12(21)16(17)23/h6-7,9-10,14H,4-5,8H2,1-3H3. The third kappa shape index (κ3) is 4.48. The zero-order valence-corrected chi connectivity index (χ0v) is 15.2. The van der Waals surface area contributed by atoms with E-state index in [1.807, 2.05) is 6.92 Å². The van der Waals surface area contributed by atoms with Gasteiger partial charge < -0.3 is 9.47 Å². The van der Waals surface area contributed by atoms with E-state index < -0.39 is 58.2 Å². The molecule has 1 aromatic rings. The highest BCUT2D eigenvalue weighted by atomic mass is 19.2. The summed E-state index contributed by atoms with van der Waals surface area (Å²) in [6, 6.07) is 0.0265. The molecule has 2 rings (SSSR count). The van der Waals surface area contributed by atoms with E-state index in [0.717, 1.165) is 12.8 Å². The van der Waals surface area contributed by atoms with E-state index in [4.69, 9.17) is 4.74 Å². The van der Waals surface area contributed by atoms with E-state index in [2.05, 4.69) is 4.74 Å². The fourth-order valence-electron chi connectivity index (χ4n) is 2.84. The molecule has 0 saturated heterocycles. The summed E-state index contributed by atoms with van der Waals surface area (Å²) in [5.74, 6) is -11.2. The van der Waals surface area contributed by atoms with Crippen LogP contribution in [0.2, 0.25) is 0 Å². The quantitative estimate of drug-likeness (QED) is 0.174. The molecular formula is C19H20F4O4. The lowest BCUT2D eigenvalue weighted by Gasteiger charge is -2.08. The van der Waals surface area contributed by atoms with Gasteiger partial charge in [-0.15, -0.1) is 0 Å². The number of hydrogen-bond donors (Lipinski definition) is 0. The van der Waals surface area contributed by atoms with Crippen molar-refractivity contribution in [2.24, 2.45) is 17.3 Å². The van der Waals surface area contributed by atoms with Crippen molar-refractivity contribution in [1.29, 1.82) is 0 Å². The second-order valence-electron chi connectivity index (χ2n) is 6.92. The number of ether oxygens (including phenoxy) is 2. The maximum atomic E-state index is 13.6. The summed E-state index contributed by atoms with van der Waals surface area (Å²) < 4.78 is 63.3. The third-order valence-electron chi connectivity index (χ3n) is 4.62. The molecule has 1 fully saturated rings. The van der Waals surface area contributed by atoms with Crippen LogP contribution < -0.4 is 4.74 Å². The number of hydrogen-bond acceptors (Lipinski definition) is 4. The second kappa shape index (κ2) is 8.10. The van der Waals surface area contributed by atoms with Gasteiger partial charge in [-0.25, -0.2) is 13.6 Å². The summed E-state index contributed by atoms with van der Waals surface area (Å²) in [5, 5.41) is 0. The maximum Gasteiger partial charge on any atom is 0.330 e. The number of benzene rings is 1. The average Bonchev–Trinajstić information content (AvgIpc) is 3.16. The van der Waals surface area contributed by atoms with Crippen molar-refractivity contribution < 1.29 is 36.6 Å². The number of unbranched alkanes of at least 4 members (excludes halogenated alkanes) is 1. The number of esters is 2. The molecule has 27 heavy (non-hydrogen) atoms. The summed E-state index contributed by atoms with van der Waals surface area (Å²) in [6.07, 6.45) is 4.23. The van der Waals surface area contributed by atoms with Crippen LogP contribution in [-0.2, 0) is 14.3 Å². The van der Waals surface area contributed by atoms with E-state index in [1.165, 1.54) is 12.2 Å². The van der Waals surface area contributed by atoms with Gasteiger partial charge in [-0.05, 0) is 17.8 Å². The number of carbonyl (C=O) groups excluding carboxylic acids is 2. The molecule has 0 aromatic heterocycles. The van der Waals surface area contributed by atoms with Gasteiger partial charge in [0.05, 0.1) is 12.5 Å². The molecule has 0 heterocycles. The van der Waals surface area contributed by atoms with E-state index in [0.29, 0.717) is 0 Å². The molecule has 1 aliphatic rings. The van der Waals surface area contributed by atoms with Gasteiger partial charge in [0.25, 0.3) is 0 Å². The molecule has 1 saturated carbocycles. The molecular weight excluding hydrogens is 368 g/mol. The Bertz CT molecular complexity index is 747. The topological polar surface area (TPSA) is 52.6 Å². The minimum Gasteiger partial charge on any atom is -0.463 e. The third-order valence-corrected chi connectivity index (χ3v) is 4.62. The number of halogens is 4. The first-order chi connectivity index (χ1) is 12.6. The molecule has 8 heteroatoms. The van der Waals surface area contributed by atoms with Crippen molar-refractivity contribution in [2.45, 2.75) is 33.6 Å². The highest BCUT2D eigenvalue weighted by molar-refractivity contribution is 5.84. The number of rotatable bonds is 7. The Morgan fingerprint density at radius 2 is 1.74 bits per heavy atom. The molecule has 2 unspecified atom stereocenters. The normalized spacial score (nSPS) is 20.6. The highest BCUT2D eigenvalue weighted by Crippen LogP contribution is 2.59. The van der Waals surface area contributed by atoms with Crippen molar-refractivity contribution in [3.63, 3.8) is 0 Å². The molecule has 0 spiro atoms. The Morgan fingerprint density at radius 1 is 1.15 bits per heavy atom. The minimum absolute atomic E-state index is 0.0265. The Balaban J connectivity index is 2.06. The van der Waals surface area contributed by atoms with E-state index >= 15 is 0 Å². The Hall–Kier alpha value is -2.38. The molecule has 0 amide bonds. The summed E-state index contributed by atoms with van der Waals surface area (Å²) >= 11 is 0. The van der Waals surface area contributed by atoms with Crippen LogP contribution in [0.4, 0.5) is 17.6 Å². The van der Waals surface area contributed by atoms with Crippen LogP contribution in [0.5, 0.6) is 5.75 Å². The van der Waals surface area contributed by atoms with Crippen molar-refractivity contribution in [1.82, 2.24) is 0 Å². The SMILES string of the molecule is CCCCOC(=O)C=CC1C(C(=O)Oc2c(F)c(F)cc(F)c2F)C1(C)C. The molecule has 0 bridgehead atoms. The lowest BCUT2D eigenvalue weighted by Crippen LogP contribution is -2.16. The van der Waals surface area contributed by atoms with Crippen molar-refractivity contribution in [3.8, 4) is 5.75 Å². The van der Waals surface area contributed by atoms with Crippen LogP contribution in [0.25, 0.3) is 0 Å². The molecule has 1 aromatic carbocycles. The Morgan fingerprint density at radius 3 is 2.30 bits per heavy atom.